The number of nitrogens with zero attached hydrogens (tertiary/aromatic N) is 2. The molecule has 1 fully saturated rings. The van der Waals surface area contributed by atoms with Crippen LogP contribution in [-0.2, 0) is 5.33 Å². The summed E-state index contributed by atoms with van der Waals surface area (Å²) < 4.78 is 0. The fraction of sp³-hybridized carbons (Fsp3) is 0.643. The van der Waals surface area contributed by atoms with E-state index in [-0.39, 0.29) is 0 Å². The van der Waals surface area contributed by atoms with Gasteiger partial charge in [-0.25, -0.2) is 4.98 Å². The number of hydrogen-bond acceptors (Lipinski definition) is 2. The SMILES string of the molecule is CC1CCCC(N(C)c2ncccc2CBr)C1. The molecule has 0 N–H and O–H groups in total. The Morgan fingerprint density at radius 1 is 1.47 bits per heavy atom. The van der Waals surface area contributed by atoms with Gasteiger partial charge in [0.25, 0.3) is 0 Å². The first-order chi connectivity index (χ1) is 8.22. The van der Waals surface area contributed by atoms with Crippen molar-refractivity contribution in [3.63, 3.8) is 0 Å². The number of halogens is 1. The van der Waals surface area contributed by atoms with Gasteiger partial charge >= 0.3 is 0 Å². The third-order valence-electron chi connectivity index (χ3n) is 3.80. The fourth-order valence-electron chi connectivity index (χ4n) is 2.78. The van der Waals surface area contributed by atoms with Crippen LogP contribution in [-0.4, -0.2) is 18.1 Å². The molecule has 0 spiro atoms. The number of rotatable bonds is 3. The minimum atomic E-state index is 0.659. The van der Waals surface area contributed by atoms with Crippen molar-refractivity contribution in [2.45, 2.75) is 44.0 Å². The van der Waals surface area contributed by atoms with Crippen molar-refractivity contribution in [3.05, 3.63) is 23.9 Å². The minimum absolute atomic E-state index is 0.659. The molecule has 0 saturated heterocycles. The van der Waals surface area contributed by atoms with Crippen LogP contribution in [0.1, 0.15) is 38.2 Å². The first-order valence-corrected chi connectivity index (χ1v) is 7.57. The molecule has 0 bridgehead atoms. The molecule has 3 heteroatoms. The Morgan fingerprint density at radius 2 is 2.29 bits per heavy atom. The van der Waals surface area contributed by atoms with E-state index in [1.165, 1.54) is 31.2 Å². The van der Waals surface area contributed by atoms with Gasteiger partial charge < -0.3 is 4.90 Å². The molecule has 1 heterocycles. The van der Waals surface area contributed by atoms with Crippen LogP contribution < -0.4 is 4.90 Å². The molecule has 1 aromatic heterocycles. The van der Waals surface area contributed by atoms with E-state index >= 15 is 0 Å². The maximum atomic E-state index is 4.55. The van der Waals surface area contributed by atoms with Gasteiger partial charge in [0.2, 0.25) is 0 Å². The molecule has 2 rings (SSSR count). The number of alkyl halides is 1. The lowest BCUT2D eigenvalue weighted by Gasteiger charge is -2.35. The Balaban J connectivity index is 2.15. The maximum absolute atomic E-state index is 4.55. The van der Waals surface area contributed by atoms with E-state index in [1.54, 1.807) is 0 Å². The van der Waals surface area contributed by atoms with Crippen LogP contribution in [0.2, 0.25) is 0 Å². The number of pyridine rings is 1. The van der Waals surface area contributed by atoms with Gasteiger partial charge in [-0.15, -0.1) is 0 Å². The van der Waals surface area contributed by atoms with Gasteiger partial charge in [0.05, 0.1) is 0 Å². The molecule has 1 aliphatic rings. The molecule has 94 valence electrons. The number of anilines is 1. The topological polar surface area (TPSA) is 16.1 Å². The van der Waals surface area contributed by atoms with E-state index in [0.29, 0.717) is 6.04 Å². The molecule has 0 amide bonds. The largest absolute Gasteiger partial charge is 0.356 e. The van der Waals surface area contributed by atoms with Gasteiger partial charge in [-0.3, -0.25) is 0 Å². The van der Waals surface area contributed by atoms with Crippen LogP contribution in [0.3, 0.4) is 0 Å². The summed E-state index contributed by atoms with van der Waals surface area (Å²) in [5.41, 5.74) is 1.29. The van der Waals surface area contributed by atoms with Crippen molar-refractivity contribution in [1.82, 2.24) is 4.98 Å². The zero-order valence-corrected chi connectivity index (χ0v) is 12.3. The smallest absolute Gasteiger partial charge is 0.132 e. The van der Waals surface area contributed by atoms with Crippen molar-refractivity contribution in [3.8, 4) is 0 Å². The summed E-state index contributed by atoms with van der Waals surface area (Å²) in [6.07, 6.45) is 7.24. The summed E-state index contributed by atoms with van der Waals surface area (Å²) >= 11 is 3.55. The monoisotopic (exact) mass is 296 g/mol. The van der Waals surface area contributed by atoms with E-state index in [2.05, 4.69) is 45.9 Å². The lowest BCUT2D eigenvalue weighted by molar-refractivity contribution is 0.335. The van der Waals surface area contributed by atoms with Crippen LogP contribution in [0.5, 0.6) is 0 Å². The zero-order valence-electron chi connectivity index (χ0n) is 10.7. The highest BCUT2D eigenvalue weighted by molar-refractivity contribution is 9.08. The van der Waals surface area contributed by atoms with Crippen LogP contribution >= 0.6 is 15.9 Å². The highest BCUT2D eigenvalue weighted by atomic mass is 79.9. The molecular weight excluding hydrogens is 276 g/mol. The van der Waals surface area contributed by atoms with E-state index in [1.807, 2.05) is 12.3 Å². The van der Waals surface area contributed by atoms with Crippen LogP contribution in [0.4, 0.5) is 5.82 Å². The number of aromatic nitrogens is 1. The second-order valence-electron chi connectivity index (χ2n) is 5.16. The predicted octanol–water partition coefficient (Wildman–Crippen LogP) is 3.99. The standard InChI is InChI=1S/C14H21BrN2/c1-11-5-3-7-13(9-11)17(2)14-12(10-15)6-4-8-16-14/h4,6,8,11,13H,3,5,7,9-10H2,1-2H3. The quantitative estimate of drug-likeness (QED) is 0.784. The van der Waals surface area contributed by atoms with Crippen molar-refractivity contribution in [2.24, 2.45) is 5.92 Å². The van der Waals surface area contributed by atoms with Gasteiger partial charge in [-0.2, -0.15) is 0 Å². The first-order valence-electron chi connectivity index (χ1n) is 6.45. The molecule has 0 aliphatic heterocycles. The second-order valence-corrected chi connectivity index (χ2v) is 5.72. The van der Waals surface area contributed by atoms with E-state index < -0.39 is 0 Å². The zero-order chi connectivity index (χ0) is 12.3. The van der Waals surface area contributed by atoms with Crippen molar-refractivity contribution < 1.29 is 0 Å². The van der Waals surface area contributed by atoms with Gasteiger partial charge in [-0.1, -0.05) is 41.8 Å². The summed E-state index contributed by atoms with van der Waals surface area (Å²) in [4.78, 5) is 6.93. The maximum Gasteiger partial charge on any atom is 0.132 e. The van der Waals surface area contributed by atoms with Gasteiger partial charge in [0.15, 0.2) is 0 Å². The minimum Gasteiger partial charge on any atom is -0.356 e. The highest BCUT2D eigenvalue weighted by Gasteiger charge is 2.24. The van der Waals surface area contributed by atoms with Gasteiger partial charge in [-0.05, 0) is 24.8 Å². The molecule has 0 aromatic carbocycles. The van der Waals surface area contributed by atoms with Crippen LogP contribution in [0.15, 0.2) is 18.3 Å². The summed E-state index contributed by atoms with van der Waals surface area (Å²) in [6.45, 7) is 2.36. The summed E-state index contributed by atoms with van der Waals surface area (Å²) in [6, 6.07) is 4.82. The lowest BCUT2D eigenvalue weighted by atomic mass is 9.86. The average Bonchev–Trinajstić information content (AvgIpc) is 2.38. The van der Waals surface area contributed by atoms with Gasteiger partial charge in [0.1, 0.15) is 5.82 Å². The van der Waals surface area contributed by atoms with Crippen molar-refractivity contribution in [1.29, 1.82) is 0 Å². The molecule has 2 nitrogen and oxygen atoms in total. The van der Waals surface area contributed by atoms with Crippen molar-refractivity contribution >= 4 is 21.7 Å². The summed E-state index contributed by atoms with van der Waals surface area (Å²) in [5, 5.41) is 0.878. The molecule has 1 saturated carbocycles. The molecule has 1 aromatic rings. The third kappa shape index (κ3) is 3.01. The van der Waals surface area contributed by atoms with E-state index in [0.717, 1.165) is 17.1 Å². The molecule has 2 unspecified atom stereocenters. The Labute approximate surface area is 113 Å². The Hall–Kier alpha value is -0.570. The summed E-state index contributed by atoms with van der Waals surface area (Å²) in [5.74, 6) is 2.00. The predicted molar refractivity (Wildman–Crippen MR) is 76.7 cm³/mol. The average molecular weight is 297 g/mol. The van der Waals surface area contributed by atoms with Gasteiger partial charge in [0, 0.05) is 30.2 Å². The molecule has 2 atom stereocenters. The van der Waals surface area contributed by atoms with Crippen LogP contribution in [0, 0.1) is 5.92 Å². The second kappa shape index (κ2) is 5.85. The van der Waals surface area contributed by atoms with Crippen LogP contribution in [0.25, 0.3) is 0 Å². The molecule has 17 heavy (non-hydrogen) atoms. The Morgan fingerprint density at radius 3 is 3.00 bits per heavy atom. The number of hydrogen-bond donors (Lipinski definition) is 0. The fourth-order valence-corrected chi connectivity index (χ4v) is 3.22. The first kappa shape index (κ1) is 12.9. The molecule has 1 aliphatic carbocycles. The highest BCUT2D eigenvalue weighted by Crippen LogP contribution is 2.30. The normalized spacial score (nSPS) is 24.6. The van der Waals surface area contributed by atoms with E-state index in [9.17, 15) is 0 Å². The lowest BCUT2D eigenvalue weighted by Crippen LogP contribution is -2.36. The molecular formula is C14H21BrN2. The van der Waals surface area contributed by atoms with E-state index in [4.69, 9.17) is 0 Å². The third-order valence-corrected chi connectivity index (χ3v) is 4.41. The Kier molecular flexibility index (Phi) is 4.43. The van der Waals surface area contributed by atoms with Crippen molar-refractivity contribution in [2.75, 3.05) is 11.9 Å². The molecule has 0 radical (unpaired) electrons. The Bertz CT molecular complexity index is 367. The summed E-state index contributed by atoms with van der Waals surface area (Å²) in [7, 11) is 2.19.